The van der Waals surface area contributed by atoms with Gasteiger partial charge in [0.05, 0.1) is 59.3 Å². The Labute approximate surface area is 524 Å². The van der Waals surface area contributed by atoms with E-state index in [1.165, 1.54) is 87.2 Å². The van der Waals surface area contributed by atoms with E-state index in [2.05, 4.69) is 44.8 Å². The van der Waals surface area contributed by atoms with Crippen molar-refractivity contribution in [3.63, 3.8) is 0 Å². The third-order valence-electron chi connectivity index (χ3n) is 10.1. The number of benzene rings is 2. The van der Waals surface area contributed by atoms with E-state index in [9.17, 15) is 67.7 Å². The number of nitrogens with zero attached hydrogens (tertiary/aromatic N) is 8. The van der Waals surface area contributed by atoms with Crippen LogP contribution in [0, 0.1) is 0 Å². The quantitative estimate of drug-likeness (QED) is 0.0307. The fourth-order valence-electron chi connectivity index (χ4n) is 6.18. The molecule has 0 bridgehead atoms. The predicted molar refractivity (Wildman–Crippen MR) is 312 cm³/mol. The molecule has 2 aromatic carbocycles. The number of amides is 5. The number of hydrogen-bond donors (Lipinski definition) is 8. The van der Waals surface area contributed by atoms with E-state index in [4.69, 9.17) is 62.7 Å². The number of urea groups is 2. The maximum atomic E-state index is 12.5. The maximum absolute atomic E-state index is 12.5. The molecule has 6 aromatic rings. The van der Waals surface area contributed by atoms with Gasteiger partial charge in [0.1, 0.15) is 16.7 Å². The topological polar surface area (TPSA) is 467 Å². The average molecular weight is 1390 g/mol. The SMILES string of the molecule is CC(C)Oc1cc(-n2nc(C(C)(C)C)oc2=O)c(Cl)cc1Cl.COc1cc(OC)nc(NC(=O)NS(=O)(=O)c2ncccc2C(=O)N(C)C)n1.CP(=O)(O)CCC(N)C(=O)O.O=C(Nc1nc(OC(F)F)cc(OC(F)F)n1)NS(=O)(=O)c1ccccc1C(=O)O. The van der Waals surface area contributed by atoms with Gasteiger partial charge in [0, 0.05) is 44.6 Å². The van der Waals surface area contributed by atoms with E-state index in [0.717, 1.165) is 16.8 Å². The van der Waals surface area contributed by atoms with Crippen molar-refractivity contribution in [2.24, 2.45) is 5.73 Å². The Morgan fingerprint density at radius 1 is 0.769 bits per heavy atom. The fraction of sp³-hybridized carbons (Fsp3) is 0.347. The molecule has 498 valence electrons. The minimum atomic E-state index is -4.71. The standard InChI is InChI=1S/C15H18Cl2N2O3.C15H18N6O6S.C14H10F4N4O7S.C5H12NO4P/c1-8(2)21-12-7-11(9(16)6-10(12)17)19-14(20)22-13(18-19)15(3,4)5;1-21(2)13(22)9-6-5-7-16-12(9)28(24,25)20-15(23)19-14-17-10(26-3)8-11(18-14)27-4;15-11(16)28-8-5-9(29-12(17)18)20-13(19-8)21-14(25)22-30(26,27)7-4-2-1-3-6(7)10(23)24;1-11(9,10)3-2-4(6)5(7)8/h6-8H,1-5H3;5-8H,1-4H3,(H2,17,18,19,20,23);1-5,11-12H,(H,23,24)(H2,19,20,21,22,25);4H,2-3,6H2,1H3,(H,7,8)(H,9,10). The van der Waals surface area contributed by atoms with Crippen LogP contribution in [0.15, 0.2) is 86.0 Å². The van der Waals surface area contributed by atoms with Gasteiger partial charge in [-0.1, -0.05) is 56.1 Å². The lowest BCUT2D eigenvalue weighted by molar-refractivity contribution is -0.138. The number of pyridine rings is 1. The highest BCUT2D eigenvalue weighted by atomic mass is 35.5. The third-order valence-corrected chi connectivity index (χ3v) is 14.5. The molecule has 4 heterocycles. The third kappa shape index (κ3) is 24.7. The van der Waals surface area contributed by atoms with E-state index >= 15 is 0 Å². The van der Waals surface area contributed by atoms with Crippen molar-refractivity contribution in [1.29, 1.82) is 0 Å². The first-order valence-electron chi connectivity index (χ1n) is 25.0. The summed E-state index contributed by atoms with van der Waals surface area (Å²) in [4.78, 5) is 96.7. The van der Waals surface area contributed by atoms with Crippen molar-refractivity contribution in [1.82, 2.24) is 49.0 Å². The highest BCUT2D eigenvalue weighted by molar-refractivity contribution is 7.90. The summed E-state index contributed by atoms with van der Waals surface area (Å²) in [6.45, 7) is 3.83. The summed E-state index contributed by atoms with van der Waals surface area (Å²) < 4.78 is 142. The number of nitrogens with one attached hydrogen (secondary N) is 4. The number of ether oxygens (including phenoxy) is 5. The van der Waals surface area contributed by atoms with Crippen LogP contribution in [-0.2, 0) is 34.8 Å². The van der Waals surface area contributed by atoms with Gasteiger partial charge in [-0.15, -0.1) is 5.10 Å². The normalized spacial score (nSPS) is 12.2. The van der Waals surface area contributed by atoms with Crippen LogP contribution in [0.5, 0.6) is 29.3 Å². The fourth-order valence-corrected chi connectivity index (χ4v) is 9.59. The number of halogens is 6. The Morgan fingerprint density at radius 2 is 1.26 bits per heavy atom. The summed E-state index contributed by atoms with van der Waals surface area (Å²) in [5.41, 5.74) is 4.24. The molecule has 0 saturated heterocycles. The van der Waals surface area contributed by atoms with Crippen LogP contribution < -0.4 is 55.3 Å². The van der Waals surface area contributed by atoms with Crippen LogP contribution in [-0.4, -0.2) is 168 Å². The molecule has 0 fully saturated rings. The van der Waals surface area contributed by atoms with E-state index in [0.29, 0.717) is 28.4 Å². The van der Waals surface area contributed by atoms with Gasteiger partial charge in [-0.05, 0) is 50.6 Å². The van der Waals surface area contributed by atoms with Gasteiger partial charge in [0.15, 0.2) is 12.4 Å². The summed E-state index contributed by atoms with van der Waals surface area (Å²) in [7, 11) is -6.67. The minimum Gasteiger partial charge on any atom is -0.489 e. The van der Waals surface area contributed by atoms with Crippen molar-refractivity contribution in [2.75, 3.05) is 51.8 Å². The largest absolute Gasteiger partial charge is 0.489 e. The molecule has 33 nitrogen and oxygen atoms in total. The number of sulfonamides is 2. The summed E-state index contributed by atoms with van der Waals surface area (Å²) in [6.07, 6.45) is 1.13. The molecule has 0 aliphatic rings. The van der Waals surface area contributed by atoms with Gasteiger partial charge in [0.2, 0.25) is 41.3 Å². The van der Waals surface area contributed by atoms with Crippen LogP contribution in [0.2, 0.25) is 10.0 Å². The van der Waals surface area contributed by atoms with Crippen molar-refractivity contribution < 1.29 is 106 Å². The Kier molecular flexibility index (Phi) is 27.8. The molecule has 0 radical (unpaired) electrons. The molecule has 0 saturated carbocycles. The number of rotatable bonds is 21. The molecule has 4 aromatic heterocycles. The Morgan fingerprint density at radius 3 is 1.71 bits per heavy atom. The Bertz CT molecular complexity index is 3870. The number of aliphatic carboxylic acids is 1. The molecule has 2 atom stereocenters. The lowest BCUT2D eigenvalue weighted by atomic mass is 9.97. The van der Waals surface area contributed by atoms with Crippen molar-refractivity contribution >= 4 is 92.4 Å². The number of carboxylic acids is 2. The zero-order valence-corrected chi connectivity index (χ0v) is 53.1. The zero-order valence-electron chi connectivity index (χ0n) is 49.0. The minimum absolute atomic E-state index is 0.0412. The van der Waals surface area contributed by atoms with E-state index in [-0.39, 0.29) is 52.4 Å². The van der Waals surface area contributed by atoms with Crippen molar-refractivity contribution in [2.45, 2.75) is 81.7 Å². The number of aromatic carboxylic acids is 1. The molecule has 0 aliphatic heterocycles. The highest BCUT2D eigenvalue weighted by Gasteiger charge is 2.29. The first kappa shape index (κ1) is 76.2. The number of carbonyl (C=O) groups is 5. The molecular weight excluding hydrogens is 1330 g/mol. The number of methoxy groups -OCH3 is 2. The van der Waals surface area contributed by atoms with Crippen molar-refractivity contribution in [3.8, 4) is 35.0 Å². The summed E-state index contributed by atoms with van der Waals surface area (Å²) >= 11 is 12.3. The maximum Gasteiger partial charge on any atom is 0.442 e. The zero-order chi connectivity index (χ0) is 69.1. The molecular formula is C49H58Cl2F4N13O20PS2. The van der Waals surface area contributed by atoms with Gasteiger partial charge < -0.3 is 53.8 Å². The Hall–Kier alpha value is -9.01. The van der Waals surface area contributed by atoms with Gasteiger partial charge in [-0.3, -0.25) is 24.8 Å². The predicted octanol–water partition coefficient (Wildman–Crippen LogP) is 5.89. The van der Waals surface area contributed by atoms with E-state index in [1.54, 1.807) is 16.1 Å². The number of aromatic nitrogens is 7. The van der Waals surface area contributed by atoms with Gasteiger partial charge in [0.25, 0.3) is 26.0 Å². The van der Waals surface area contributed by atoms with Crippen LogP contribution in [0.1, 0.15) is 67.6 Å². The number of anilines is 2. The van der Waals surface area contributed by atoms with Crippen LogP contribution >= 0.6 is 30.6 Å². The highest BCUT2D eigenvalue weighted by Crippen LogP contribution is 2.36. The van der Waals surface area contributed by atoms with Crippen LogP contribution in [0.3, 0.4) is 0 Å². The second-order valence-electron chi connectivity index (χ2n) is 19.1. The number of hydrogen-bond acceptors (Lipinski definition) is 24. The molecule has 9 N–H and O–H groups in total. The van der Waals surface area contributed by atoms with Crippen LogP contribution in [0.25, 0.3) is 5.69 Å². The van der Waals surface area contributed by atoms with Crippen LogP contribution in [0.4, 0.5) is 39.0 Å². The molecule has 0 aliphatic carbocycles. The molecule has 2 unspecified atom stereocenters. The average Bonchev–Trinajstić information content (AvgIpc) is 1.83. The van der Waals surface area contributed by atoms with Gasteiger partial charge in [-0.2, -0.15) is 50.6 Å². The summed E-state index contributed by atoms with van der Waals surface area (Å²) in [5.74, 6) is -6.10. The summed E-state index contributed by atoms with van der Waals surface area (Å²) in [5, 5.41) is 25.5. The molecule has 91 heavy (non-hydrogen) atoms. The molecule has 5 amide bonds. The monoisotopic (exact) mass is 1390 g/mol. The second-order valence-corrected chi connectivity index (χ2v) is 25.7. The molecule has 6 rings (SSSR count). The lowest BCUT2D eigenvalue weighted by Crippen LogP contribution is -2.36. The van der Waals surface area contributed by atoms with Gasteiger partial charge >= 0.3 is 43.0 Å². The first-order chi connectivity index (χ1) is 42.1. The number of carbonyl (C=O) groups excluding carboxylic acids is 3. The number of nitrogens with two attached hydrogens (primary N) is 1. The molecule has 0 spiro atoms. The number of carboxylic acid groups (broad SMARTS) is 2. The first-order valence-corrected chi connectivity index (χ1v) is 31.1. The van der Waals surface area contributed by atoms with E-state index < -0.39 is 116 Å². The number of alkyl halides is 4. The second kappa shape index (κ2) is 33.2. The Balaban J connectivity index is 0.000000332. The van der Waals surface area contributed by atoms with Crippen molar-refractivity contribution in [3.05, 3.63) is 104 Å². The molecule has 42 heteroatoms. The summed E-state index contributed by atoms with van der Waals surface area (Å²) in [6, 6.07) is 8.20. The smallest absolute Gasteiger partial charge is 0.442 e. The lowest BCUT2D eigenvalue weighted by Gasteiger charge is -2.14. The van der Waals surface area contributed by atoms with E-state index in [1.807, 2.05) is 34.6 Å². The van der Waals surface area contributed by atoms with Gasteiger partial charge in [-0.25, -0.2) is 42.0 Å².